The Bertz CT molecular complexity index is 457. The largest absolute Gasteiger partial charge is 0.389 e. The van der Waals surface area contributed by atoms with Gasteiger partial charge in [-0.05, 0) is 19.4 Å². The maximum atomic E-state index is 11.9. The van der Waals surface area contributed by atoms with Crippen LogP contribution in [0.15, 0.2) is 0 Å². The molecule has 1 aromatic rings. The van der Waals surface area contributed by atoms with Gasteiger partial charge in [0.15, 0.2) is 5.82 Å². The van der Waals surface area contributed by atoms with Crippen LogP contribution in [0.25, 0.3) is 0 Å². The minimum absolute atomic E-state index is 0.135. The zero-order valence-corrected chi connectivity index (χ0v) is 11.6. The molecule has 0 saturated carbocycles. The van der Waals surface area contributed by atoms with Crippen LogP contribution in [0, 0.1) is 13.8 Å². The smallest absolute Gasteiger partial charge is 0.261 e. The molecule has 0 fully saturated rings. The van der Waals surface area contributed by atoms with Crippen LogP contribution in [-0.2, 0) is 4.74 Å². The molecule has 1 aromatic heterocycles. The van der Waals surface area contributed by atoms with Crippen molar-refractivity contribution in [3.63, 3.8) is 0 Å². The first-order valence-electron chi connectivity index (χ1n) is 5.67. The van der Waals surface area contributed by atoms with Crippen molar-refractivity contribution >= 4 is 23.0 Å². The molecular formula is C11H16F2N4OS. The Kier molecular flexibility index (Phi) is 5.97. The summed E-state index contributed by atoms with van der Waals surface area (Å²) < 4.78 is 28.4. The van der Waals surface area contributed by atoms with Crippen LogP contribution in [0.2, 0.25) is 0 Å². The zero-order valence-electron chi connectivity index (χ0n) is 10.7. The molecule has 0 unspecified atom stereocenters. The monoisotopic (exact) mass is 290 g/mol. The molecule has 0 saturated heterocycles. The third-order valence-corrected chi connectivity index (χ3v) is 2.69. The number of ether oxygens (including phenoxy) is 1. The molecule has 1 heterocycles. The molecule has 1 rings (SSSR count). The maximum Gasteiger partial charge on any atom is 0.261 e. The SMILES string of the molecule is Cc1nnc(NCCOCC(F)F)c(C(N)=S)c1C. The molecule has 0 amide bonds. The van der Waals surface area contributed by atoms with Crippen molar-refractivity contribution in [1.29, 1.82) is 0 Å². The average molecular weight is 290 g/mol. The number of anilines is 1. The molecule has 0 atom stereocenters. The van der Waals surface area contributed by atoms with E-state index in [1.807, 2.05) is 6.92 Å². The molecule has 5 nitrogen and oxygen atoms in total. The minimum Gasteiger partial charge on any atom is -0.389 e. The number of nitrogens with zero attached hydrogens (tertiary/aromatic N) is 2. The lowest BCUT2D eigenvalue weighted by Crippen LogP contribution is -2.20. The van der Waals surface area contributed by atoms with Crippen LogP contribution in [-0.4, -0.2) is 41.4 Å². The molecule has 106 valence electrons. The number of thiocarbonyl (C=S) groups is 1. The van der Waals surface area contributed by atoms with Crippen molar-refractivity contribution in [2.45, 2.75) is 20.3 Å². The van der Waals surface area contributed by atoms with Crippen LogP contribution in [0.5, 0.6) is 0 Å². The van der Waals surface area contributed by atoms with Crippen molar-refractivity contribution in [2.75, 3.05) is 25.1 Å². The van der Waals surface area contributed by atoms with E-state index in [9.17, 15) is 8.78 Å². The summed E-state index contributed by atoms with van der Waals surface area (Å²) in [7, 11) is 0. The van der Waals surface area contributed by atoms with E-state index in [1.54, 1.807) is 6.92 Å². The van der Waals surface area contributed by atoms with Gasteiger partial charge >= 0.3 is 0 Å². The Labute approximate surface area is 115 Å². The molecule has 8 heteroatoms. The second-order valence-corrected chi connectivity index (χ2v) is 4.33. The number of nitrogens with two attached hydrogens (primary N) is 1. The quantitative estimate of drug-likeness (QED) is 0.584. The molecule has 0 aliphatic rings. The van der Waals surface area contributed by atoms with E-state index in [1.165, 1.54) is 0 Å². The van der Waals surface area contributed by atoms with E-state index in [-0.39, 0.29) is 11.6 Å². The highest BCUT2D eigenvalue weighted by atomic mass is 32.1. The fraction of sp³-hybridized carbons (Fsp3) is 0.545. The first-order valence-corrected chi connectivity index (χ1v) is 6.07. The van der Waals surface area contributed by atoms with Gasteiger partial charge in [-0.1, -0.05) is 12.2 Å². The number of alkyl halides is 2. The molecule has 0 radical (unpaired) electrons. The van der Waals surface area contributed by atoms with Crippen molar-refractivity contribution in [1.82, 2.24) is 10.2 Å². The van der Waals surface area contributed by atoms with Gasteiger partial charge in [0.1, 0.15) is 11.6 Å². The molecule has 0 spiro atoms. The van der Waals surface area contributed by atoms with Crippen molar-refractivity contribution < 1.29 is 13.5 Å². The summed E-state index contributed by atoms with van der Waals surface area (Å²) in [5, 5.41) is 10.8. The molecular weight excluding hydrogens is 274 g/mol. The first-order chi connectivity index (χ1) is 8.93. The summed E-state index contributed by atoms with van der Waals surface area (Å²) >= 11 is 4.97. The van der Waals surface area contributed by atoms with Crippen LogP contribution < -0.4 is 11.1 Å². The highest BCUT2D eigenvalue weighted by Gasteiger charge is 2.13. The summed E-state index contributed by atoms with van der Waals surface area (Å²) in [6, 6.07) is 0. The lowest BCUT2D eigenvalue weighted by molar-refractivity contribution is 0.0214. The number of hydrogen-bond donors (Lipinski definition) is 2. The van der Waals surface area contributed by atoms with Gasteiger partial charge in [0.2, 0.25) is 0 Å². The normalized spacial score (nSPS) is 10.8. The van der Waals surface area contributed by atoms with Gasteiger partial charge in [-0.2, -0.15) is 5.10 Å². The summed E-state index contributed by atoms with van der Waals surface area (Å²) in [6.07, 6.45) is -2.46. The fourth-order valence-electron chi connectivity index (χ4n) is 1.45. The lowest BCUT2D eigenvalue weighted by atomic mass is 10.1. The number of rotatable bonds is 7. The fourth-order valence-corrected chi connectivity index (χ4v) is 1.70. The Morgan fingerprint density at radius 2 is 2.11 bits per heavy atom. The van der Waals surface area contributed by atoms with Crippen molar-refractivity contribution in [2.24, 2.45) is 5.73 Å². The zero-order chi connectivity index (χ0) is 14.4. The van der Waals surface area contributed by atoms with Crippen LogP contribution in [0.4, 0.5) is 14.6 Å². The van der Waals surface area contributed by atoms with E-state index >= 15 is 0 Å². The van der Waals surface area contributed by atoms with E-state index in [4.69, 9.17) is 22.7 Å². The van der Waals surface area contributed by atoms with Crippen LogP contribution in [0.1, 0.15) is 16.8 Å². The summed E-state index contributed by atoms with van der Waals surface area (Å²) in [5.74, 6) is 0.441. The van der Waals surface area contributed by atoms with E-state index in [0.29, 0.717) is 17.9 Å². The average Bonchev–Trinajstić information content (AvgIpc) is 2.32. The Hall–Kier alpha value is -1.41. The number of aromatic nitrogens is 2. The van der Waals surface area contributed by atoms with Gasteiger partial charge in [-0.25, -0.2) is 8.78 Å². The number of nitrogens with one attached hydrogen (secondary N) is 1. The summed E-state index contributed by atoms with van der Waals surface area (Å²) in [5.41, 5.74) is 7.85. The third kappa shape index (κ3) is 4.64. The van der Waals surface area contributed by atoms with Crippen molar-refractivity contribution in [3.8, 4) is 0 Å². The van der Waals surface area contributed by atoms with E-state index in [0.717, 1.165) is 11.3 Å². The number of hydrogen-bond acceptors (Lipinski definition) is 5. The van der Waals surface area contributed by atoms with E-state index in [2.05, 4.69) is 15.5 Å². The first kappa shape index (κ1) is 15.6. The number of halogens is 2. The highest BCUT2D eigenvalue weighted by molar-refractivity contribution is 7.80. The predicted molar refractivity (Wildman–Crippen MR) is 72.7 cm³/mol. The predicted octanol–water partition coefficient (Wildman–Crippen LogP) is 1.42. The minimum atomic E-state index is -2.46. The second-order valence-electron chi connectivity index (χ2n) is 3.89. The molecule has 3 N–H and O–H groups in total. The van der Waals surface area contributed by atoms with Gasteiger partial charge in [0, 0.05) is 6.54 Å². The standard InChI is InChI=1S/C11H16F2N4OS/c1-6-7(2)16-17-11(9(6)10(14)19)15-3-4-18-5-8(12)13/h8H,3-5H2,1-2H3,(H2,14,19)(H,15,17). The third-order valence-electron chi connectivity index (χ3n) is 2.48. The van der Waals surface area contributed by atoms with E-state index < -0.39 is 13.0 Å². The van der Waals surface area contributed by atoms with Gasteiger partial charge in [0.05, 0.1) is 17.9 Å². The van der Waals surface area contributed by atoms with Crippen LogP contribution >= 0.6 is 12.2 Å². The molecule has 0 aromatic carbocycles. The molecule has 0 aliphatic heterocycles. The topological polar surface area (TPSA) is 73.1 Å². The van der Waals surface area contributed by atoms with Gasteiger partial charge in [0.25, 0.3) is 6.43 Å². The maximum absolute atomic E-state index is 11.9. The second kappa shape index (κ2) is 7.25. The molecule has 19 heavy (non-hydrogen) atoms. The van der Waals surface area contributed by atoms with Gasteiger partial charge in [-0.3, -0.25) is 0 Å². The highest BCUT2D eigenvalue weighted by Crippen LogP contribution is 2.17. The van der Waals surface area contributed by atoms with Crippen molar-refractivity contribution in [3.05, 3.63) is 16.8 Å². The number of aryl methyl sites for hydroxylation is 1. The lowest BCUT2D eigenvalue weighted by Gasteiger charge is -2.13. The van der Waals surface area contributed by atoms with Crippen LogP contribution in [0.3, 0.4) is 0 Å². The summed E-state index contributed by atoms with van der Waals surface area (Å²) in [4.78, 5) is 0.214. The summed E-state index contributed by atoms with van der Waals surface area (Å²) in [6.45, 7) is 3.52. The Morgan fingerprint density at radius 3 is 2.68 bits per heavy atom. The Balaban J connectivity index is 2.63. The Morgan fingerprint density at radius 1 is 1.42 bits per heavy atom. The molecule has 0 bridgehead atoms. The van der Waals surface area contributed by atoms with Gasteiger partial charge < -0.3 is 15.8 Å². The van der Waals surface area contributed by atoms with Gasteiger partial charge in [-0.15, -0.1) is 5.10 Å². The molecule has 0 aliphatic carbocycles.